The summed E-state index contributed by atoms with van der Waals surface area (Å²) in [4.78, 5) is 0. The Morgan fingerprint density at radius 3 is 3.14 bits per heavy atom. The summed E-state index contributed by atoms with van der Waals surface area (Å²) in [5, 5.41) is 3.60. The molecule has 1 heteroatoms. The lowest BCUT2D eigenvalue weighted by Gasteiger charge is -2.26. The smallest absolute Gasteiger partial charge is 0.0354 e. The topological polar surface area (TPSA) is 12.0 Å². The van der Waals surface area contributed by atoms with Crippen LogP contribution in [0.15, 0.2) is 30.3 Å². The molecule has 3 unspecified atom stereocenters. The van der Waals surface area contributed by atoms with E-state index in [4.69, 9.17) is 0 Å². The standard InChI is InChI=1S/C13H13N/c1-2-4-11-9(3-1)5-6-12-13(11)7-10(13)8-14-12/h1-6,10,12,14H,7-8H2. The highest BCUT2D eigenvalue weighted by Gasteiger charge is 2.64. The van der Waals surface area contributed by atoms with E-state index in [-0.39, 0.29) is 0 Å². The van der Waals surface area contributed by atoms with E-state index in [9.17, 15) is 0 Å². The fraction of sp³-hybridized carbons (Fsp3) is 0.385. The first-order chi connectivity index (χ1) is 6.91. The molecule has 0 radical (unpaired) electrons. The SMILES string of the molecule is C1=CC2NCC3CC32c2ccccc21. The number of hydrogen-bond donors (Lipinski definition) is 1. The zero-order valence-electron chi connectivity index (χ0n) is 8.03. The van der Waals surface area contributed by atoms with Gasteiger partial charge in [-0.3, -0.25) is 0 Å². The molecule has 2 fully saturated rings. The van der Waals surface area contributed by atoms with Crippen LogP contribution in [0.1, 0.15) is 17.5 Å². The normalized spacial score (nSPS) is 41.4. The Labute approximate surface area is 83.8 Å². The van der Waals surface area contributed by atoms with Crippen LogP contribution in [0.2, 0.25) is 0 Å². The van der Waals surface area contributed by atoms with Crippen molar-refractivity contribution >= 4 is 6.08 Å². The van der Waals surface area contributed by atoms with E-state index < -0.39 is 0 Å². The van der Waals surface area contributed by atoms with Crippen molar-refractivity contribution in [3.05, 3.63) is 41.5 Å². The molecule has 0 aromatic heterocycles. The van der Waals surface area contributed by atoms with E-state index in [0.29, 0.717) is 11.5 Å². The molecule has 0 bridgehead atoms. The van der Waals surface area contributed by atoms with Crippen molar-refractivity contribution in [2.75, 3.05) is 6.54 Å². The van der Waals surface area contributed by atoms with Crippen molar-refractivity contribution in [1.82, 2.24) is 5.32 Å². The maximum Gasteiger partial charge on any atom is 0.0354 e. The van der Waals surface area contributed by atoms with Crippen molar-refractivity contribution in [1.29, 1.82) is 0 Å². The van der Waals surface area contributed by atoms with Gasteiger partial charge in [0.25, 0.3) is 0 Å². The van der Waals surface area contributed by atoms with Crippen molar-refractivity contribution in [2.24, 2.45) is 5.92 Å². The van der Waals surface area contributed by atoms with E-state index >= 15 is 0 Å². The highest BCUT2D eigenvalue weighted by Crippen LogP contribution is 2.62. The fourth-order valence-electron chi connectivity index (χ4n) is 3.44. The minimum atomic E-state index is 0.491. The summed E-state index contributed by atoms with van der Waals surface area (Å²) >= 11 is 0. The molecule has 1 saturated heterocycles. The molecule has 1 heterocycles. The van der Waals surface area contributed by atoms with Crippen LogP contribution >= 0.6 is 0 Å². The largest absolute Gasteiger partial charge is 0.309 e. The zero-order chi connectivity index (χ0) is 9.17. The molecule has 1 nitrogen and oxygen atoms in total. The first-order valence-corrected chi connectivity index (χ1v) is 5.42. The molecule has 3 atom stereocenters. The van der Waals surface area contributed by atoms with Gasteiger partial charge in [0.15, 0.2) is 0 Å². The van der Waals surface area contributed by atoms with Crippen LogP contribution in [0.25, 0.3) is 6.08 Å². The van der Waals surface area contributed by atoms with Gasteiger partial charge in [-0.2, -0.15) is 0 Å². The summed E-state index contributed by atoms with van der Waals surface area (Å²) in [7, 11) is 0. The third-order valence-corrected chi connectivity index (χ3v) is 4.22. The van der Waals surface area contributed by atoms with Gasteiger partial charge in [-0.15, -0.1) is 0 Å². The number of fused-ring (bicyclic) bond motifs is 1. The third kappa shape index (κ3) is 0.642. The van der Waals surface area contributed by atoms with E-state index in [0.717, 1.165) is 5.92 Å². The molecular formula is C13H13N. The molecule has 2 aliphatic carbocycles. The predicted octanol–water partition coefficient (Wildman–Crippen LogP) is 1.94. The van der Waals surface area contributed by atoms with Gasteiger partial charge in [0.1, 0.15) is 0 Å². The van der Waals surface area contributed by atoms with Gasteiger partial charge in [0, 0.05) is 11.5 Å². The van der Waals surface area contributed by atoms with Crippen LogP contribution in [-0.2, 0) is 5.41 Å². The van der Waals surface area contributed by atoms with Gasteiger partial charge in [-0.05, 0) is 30.0 Å². The number of rotatable bonds is 0. The van der Waals surface area contributed by atoms with Crippen LogP contribution in [0.3, 0.4) is 0 Å². The summed E-state index contributed by atoms with van der Waals surface area (Å²) in [6.07, 6.45) is 6.03. The zero-order valence-corrected chi connectivity index (χ0v) is 8.03. The Balaban J connectivity index is 1.99. The van der Waals surface area contributed by atoms with Gasteiger partial charge in [-0.1, -0.05) is 36.4 Å². The summed E-state index contributed by atoms with van der Waals surface area (Å²) in [5.74, 6) is 0.901. The number of hydrogen-bond acceptors (Lipinski definition) is 1. The van der Waals surface area contributed by atoms with E-state index in [1.165, 1.54) is 18.5 Å². The third-order valence-electron chi connectivity index (χ3n) is 4.22. The maximum absolute atomic E-state index is 3.60. The Kier molecular flexibility index (Phi) is 1.09. The molecule has 1 saturated carbocycles. The van der Waals surface area contributed by atoms with Crippen molar-refractivity contribution in [3.8, 4) is 0 Å². The Bertz CT molecular complexity index is 435. The lowest BCUT2D eigenvalue weighted by molar-refractivity contribution is 0.562. The van der Waals surface area contributed by atoms with Crippen LogP contribution < -0.4 is 5.32 Å². The maximum atomic E-state index is 3.60. The molecular weight excluding hydrogens is 170 g/mol. The minimum Gasteiger partial charge on any atom is -0.309 e. The quantitative estimate of drug-likeness (QED) is 0.648. The van der Waals surface area contributed by atoms with E-state index in [1.54, 1.807) is 5.56 Å². The molecule has 70 valence electrons. The van der Waals surface area contributed by atoms with Crippen LogP contribution in [-0.4, -0.2) is 12.6 Å². The molecule has 1 aromatic rings. The molecule has 1 aromatic carbocycles. The monoisotopic (exact) mass is 183 g/mol. The summed E-state index contributed by atoms with van der Waals surface area (Å²) in [6, 6.07) is 9.49. The average molecular weight is 183 g/mol. The van der Waals surface area contributed by atoms with E-state index in [2.05, 4.69) is 41.7 Å². The van der Waals surface area contributed by atoms with Gasteiger partial charge in [-0.25, -0.2) is 0 Å². The molecule has 1 aliphatic heterocycles. The Morgan fingerprint density at radius 2 is 2.21 bits per heavy atom. The second-order valence-corrected chi connectivity index (χ2v) is 4.77. The number of nitrogens with one attached hydrogen (secondary N) is 1. The highest BCUT2D eigenvalue weighted by atomic mass is 15.0. The summed E-state index contributed by atoms with van der Waals surface area (Å²) < 4.78 is 0. The first kappa shape index (κ1) is 7.24. The van der Waals surface area contributed by atoms with Crippen molar-refractivity contribution in [2.45, 2.75) is 17.9 Å². The molecule has 3 aliphatic rings. The first-order valence-electron chi connectivity index (χ1n) is 5.42. The lowest BCUT2D eigenvalue weighted by Crippen LogP contribution is -2.34. The van der Waals surface area contributed by atoms with Crippen molar-refractivity contribution < 1.29 is 0 Å². The van der Waals surface area contributed by atoms with Crippen LogP contribution in [0, 0.1) is 5.92 Å². The van der Waals surface area contributed by atoms with Gasteiger partial charge in [0.2, 0.25) is 0 Å². The molecule has 1 spiro atoms. The second-order valence-electron chi connectivity index (χ2n) is 4.77. The molecule has 1 N–H and O–H groups in total. The predicted molar refractivity (Wildman–Crippen MR) is 57.1 cm³/mol. The van der Waals surface area contributed by atoms with Gasteiger partial charge in [0.05, 0.1) is 0 Å². The number of piperidine rings is 1. The van der Waals surface area contributed by atoms with Crippen LogP contribution in [0.5, 0.6) is 0 Å². The lowest BCUT2D eigenvalue weighted by atomic mass is 9.81. The number of benzene rings is 1. The fourth-order valence-corrected chi connectivity index (χ4v) is 3.44. The van der Waals surface area contributed by atoms with Gasteiger partial charge >= 0.3 is 0 Å². The summed E-state index contributed by atoms with van der Waals surface area (Å²) in [5.41, 5.74) is 3.52. The Hall–Kier alpha value is -1.08. The van der Waals surface area contributed by atoms with Gasteiger partial charge < -0.3 is 5.32 Å². The minimum absolute atomic E-state index is 0.491. The van der Waals surface area contributed by atoms with Crippen molar-refractivity contribution in [3.63, 3.8) is 0 Å². The van der Waals surface area contributed by atoms with E-state index in [1.807, 2.05) is 0 Å². The average Bonchev–Trinajstić information content (AvgIpc) is 2.85. The molecule has 0 amide bonds. The van der Waals surface area contributed by atoms with Crippen LogP contribution in [0.4, 0.5) is 0 Å². The molecule has 4 rings (SSSR count). The summed E-state index contributed by atoms with van der Waals surface area (Å²) in [6.45, 7) is 1.21. The molecule has 14 heavy (non-hydrogen) atoms. The second kappa shape index (κ2) is 2.12. The Morgan fingerprint density at radius 1 is 1.29 bits per heavy atom. The highest BCUT2D eigenvalue weighted by molar-refractivity contribution is 5.64.